The molecule has 1 aliphatic carbocycles. The number of hydrogen-bond donors (Lipinski definition) is 2. The van der Waals surface area contributed by atoms with Gasteiger partial charge in [-0.2, -0.15) is 14.6 Å². The molecule has 0 bridgehead atoms. The molecule has 0 amide bonds. The molecule has 11 heteroatoms. The molecule has 170 valence electrons. The smallest absolute Gasteiger partial charge is 0.260 e. The average molecular weight is 459 g/mol. The van der Waals surface area contributed by atoms with Crippen molar-refractivity contribution >= 4 is 16.0 Å². The van der Waals surface area contributed by atoms with Crippen molar-refractivity contribution in [1.82, 2.24) is 19.3 Å². The first-order valence-electron chi connectivity index (χ1n) is 10.6. The van der Waals surface area contributed by atoms with Crippen LogP contribution in [0.3, 0.4) is 0 Å². The summed E-state index contributed by atoms with van der Waals surface area (Å²) in [5.74, 6) is 0.454. The number of sulfonamides is 1. The number of ether oxygens (including phenoxy) is 1. The Morgan fingerprint density at radius 3 is 2.69 bits per heavy atom. The summed E-state index contributed by atoms with van der Waals surface area (Å²) in [4.78, 5) is 12.5. The molecule has 4 rings (SSSR count). The van der Waals surface area contributed by atoms with Crippen molar-refractivity contribution < 1.29 is 18.3 Å². The average Bonchev–Trinajstić information content (AvgIpc) is 3.12. The first-order valence-corrected chi connectivity index (χ1v) is 12.1. The molecule has 0 aromatic carbocycles. The molecule has 2 aromatic rings. The molecule has 1 saturated carbocycles. The van der Waals surface area contributed by atoms with Gasteiger partial charge < -0.3 is 15.2 Å². The number of nitriles is 1. The third-order valence-electron chi connectivity index (χ3n) is 6.00. The molecule has 2 fully saturated rings. The number of anilines is 1. The highest BCUT2D eigenvalue weighted by Gasteiger charge is 2.39. The van der Waals surface area contributed by atoms with Gasteiger partial charge in [0.15, 0.2) is 5.03 Å². The lowest BCUT2D eigenvalue weighted by Crippen LogP contribution is -2.42. The van der Waals surface area contributed by atoms with Crippen LogP contribution in [0.25, 0.3) is 0 Å². The Hall–Kier alpha value is -2.81. The van der Waals surface area contributed by atoms with E-state index in [1.54, 1.807) is 19.1 Å². The quantitative estimate of drug-likeness (QED) is 0.661. The monoisotopic (exact) mass is 458 g/mol. The van der Waals surface area contributed by atoms with E-state index in [-0.39, 0.29) is 22.5 Å². The van der Waals surface area contributed by atoms with Crippen LogP contribution >= 0.6 is 0 Å². The molecule has 2 aliphatic rings. The number of pyridine rings is 1. The number of piperidine rings is 1. The Morgan fingerprint density at radius 1 is 1.28 bits per heavy atom. The maximum absolute atomic E-state index is 12.7. The van der Waals surface area contributed by atoms with Gasteiger partial charge in [0.05, 0.1) is 11.8 Å². The largest absolute Gasteiger partial charge is 0.470 e. The van der Waals surface area contributed by atoms with E-state index in [0.717, 1.165) is 6.42 Å². The van der Waals surface area contributed by atoms with Gasteiger partial charge in [-0.05, 0) is 51.2 Å². The summed E-state index contributed by atoms with van der Waals surface area (Å²) in [5, 5.41) is 23.1. The minimum Gasteiger partial charge on any atom is -0.470 e. The van der Waals surface area contributed by atoms with Crippen molar-refractivity contribution in [3.05, 3.63) is 36.2 Å². The minimum absolute atomic E-state index is 0.0273. The van der Waals surface area contributed by atoms with Crippen molar-refractivity contribution in [2.75, 3.05) is 18.4 Å². The highest BCUT2D eigenvalue weighted by Crippen LogP contribution is 2.33. The summed E-state index contributed by atoms with van der Waals surface area (Å²) in [6, 6.07) is 6.83. The maximum Gasteiger partial charge on any atom is 0.260 e. The van der Waals surface area contributed by atoms with Gasteiger partial charge in [0.2, 0.25) is 11.8 Å². The summed E-state index contributed by atoms with van der Waals surface area (Å²) in [5.41, 5.74) is -0.758. The van der Waals surface area contributed by atoms with Gasteiger partial charge in [0.1, 0.15) is 17.7 Å². The summed E-state index contributed by atoms with van der Waals surface area (Å²) in [6.45, 7) is 2.42. The Balaban J connectivity index is 1.41. The zero-order valence-corrected chi connectivity index (χ0v) is 18.6. The van der Waals surface area contributed by atoms with Crippen LogP contribution in [0.2, 0.25) is 0 Å². The molecule has 2 unspecified atom stereocenters. The number of aliphatic hydroxyl groups is 1. The topological polar surface area (TPSA) is 141 Å². The van der Waals surface area contributed by atoms with Gasteiger partial charge in [0.25, 0.3) is 10.0 Å². The lowest BCUT2D eigenvalue weighted by molar-refractivity contribution is -0.0271. The Kier molecular flexibility index (Phi) is 6.28. The van der Waals surface area contributed by atoms with E-state index in [9.17, 15) is 18.8 Å². The van der Waals surface area contributed by atoms with Gasteiger partial charge in [-0.3, -0.25) is 0 Å². The molecule has 10 nitrogen and oxygen atoms in total. The molecule has 0 spiro atoms. The van der Waals surface area contributed by atoms with Crippen molar-refractivity contribution in [3.63, 3.8) is 0 Å². The summed E-state index contributed by atoms with van der Waals surface area (Å²) in [7, 11) is -3.62. The summed E-state index contributed by atoms with van der Waals surface area (Å²) >= 11 is 0. The third-order valence-corrected chi connectivity index (χ3v) is 7.82. The fraction of sp³-hybridized carbons (Fsp3) is 0.524. The first-order chi connectivity index (χ1) is 15.3. The van der Waals surface area contributed by atoms with E-state index < -0.39 is 21.7 Å². The van der Waals surface area contributed by atoms with Crippen molar-refractivity contribution in [3.8, 4) is 11.9 Å². The molecule has 2 N–H and O–H groups in total. The first kappa shape index (κ1) is 22.4. The van der Waals surface area contributed by atoms with Crippen LogP contribution in [0.15, 0.2) is 35.6 Å². The molecule has 3 heterocycles. The lowest BCUT2D eigenvalue weighted by Gasteiger charge is -2.31. The number of rotatable bonds is 6. The van der Waals surface area contributed by atoms with Crippen LogP contribution in [0.5, 0.6) is 5.88 Å². The minimum atomic E-state index is -3.62. The fourth-order valence-electron chi connectivity index (χ4n) is 4.10. The van der Waals surface area contributed by atoms with Crippen LogP contribution in [-0.2, 0) is 10.0 Å². The second kappa shape index (κ2) is 8.97. The van der Waals surface area contributed by atoms with E-state index in [1.165, 1.54) is 22.8 Å². The van der Waals surface area contributed by atoms with Crippen LogP contribution < -0.4 is 10.1 Å². The van der Waals surface area contributed by atoms with Gasteiger partial charge in [0, 0.05) is 25.3 Å². The molecule has 2 aromatic heterocycles. The fourth-order valence-corrected chi connectivity index (χ4v) is 5.50. The van der Waals surface area contributed by atoms with E-state index >= 15 is 0 Å². The second-order valence-corrected chi connectivity index (χ2v) is 10.3. The lowest BCUT2D eigenvalue weighted by atomic mass is 10.0. The van der Waals surface area contributed by atoms with Gasteiger partial charge in [-0.1, -0.05) is 6.07 Å². The zero-order chi connectivity index (χ0) is 22.8. The molecule has 1 saturated heterocycles. The molecular weight excluding hydrogens is 432 g/mol. The molecule has 32 heavy (non-hydrogen) atoms. The predicted octanol–water partition coefficient (Wildman–Crippen LogP) is 1.69. The SMILES string of the molecule is CC1(O)CCCC1Oc1nc(NC2CCN(S(=O)(=O)c3ccccn3)CC2)ncc1C#N. The number of nitrogens with zero attached hydrogens (tertiary/aromatic N) is 5. The summed E-state index contributed by atoms with van der Waals surface area (Å²) < 4.78 is 32.8. The number of nitrogens with one attached hydrogen (secondary N) is 1. The van der Waals surface area contributed by atoms with E-state index in [1.807, 2.05) is 6.07 Å². The predicted molar refractivity (Wildman–Crippen MR) is 115 cm³/mol. The molecule has 0 radical (unpaired) electrons. The van der Waals surface area contributed by atoms with Crippen LogP contribution in [0.4, 0.5) is 5.95 Å². The van der Waals surface area contributed by atoms with Crippen LogP contribution in [-0.4, -0.2) is 63.6 Å². The second-order valence-electron chi connectivity index (χ2n) is 8.37. The van der Waals surface area contributed by atoms with E-state index in [0.29, 0.717) is 44.7 Å². The Labute approximate surface area is 187 Å². The number of hydrogen-bond acceptors (Lipinski definition) is 9. The van der Waals surface area contributed by atoms with Crippen LogP contribution in [0, 0.1) is 11.3 Å². The highest BCUT2D eigenvalue weighted by atomic mass is 32.2. The van der Waals surface area contributed by atoms with Gasteiger partial charge in [-0.25, -0.2) is 18.4 Å². The Bertz CT molecular complexity index is 1100. The van der Waals surface area contributed by atoms with E-state index in [2.05, 4.69) is 20.3 Å². The molecule has 2 atom stereocenters. The zero-order valence-electron chi connectivity index (χ0n) is 17.8. The number of aromatic nitrogens is 3. The van der Waals surface area contributed by atoms with Crippen LogP contribution in [0.1, 0.15) is 44.6 Å². The van der Waals surface area contributed by atoms with Crippen molar-refractivity contribution in [2.45, 2.75) is 61.8 Å². The van der Waals surface area contributed by atoms with E-state index in [4.69, 9.17) is 4.74 Å². The normalized spacial score (nSPS) is 24.7. The molecule has 1 aliphatic heterocycles. The maximum atomic E-state index is 12.7. The third kappa shape index (κ3) is 4.67. The standard InChI is InChI=1S/C21H26N6O4S/c1-21(28)9-4-5-17(21)31-19-15(13-22)14-24-20(26-19)25-16-7-11-27(12-8-16)32(29,30)18-6-2-3-10-23-18/h2-3,6,10,14,16-17,28H,4-5,7-9,11-12H2,1H3,(H,24,25,26). The summed E-state index contributed by atoms with van der Waals surface area (Å²) in [6.07, 6.45) is 5.74. The van der Waals surface area contributed by atoms with Gasteiger partial charge >= 0.3 is 0 Å². The van der Waals surface area contributed by atoms with Crippen molar-refractivity contribution in [1.29, 1.82) is 5.26 Å². The Morgan fingerprint density at radius 2 is 2.06 bits per heavy atom. The van der Waals surface area contributed by atoms with Crippen molar-refractivity contribution in [2.24, 2.45) is 0 Å². The van der Waals surface area contributed by atoms with Gasteiger partial charge in [-0.15, -0.1) is 0 Å². The molecular formula is C21H26N6O4S. The highest BCUT2D eigenvalue weighted by molar-refractivity contribution is 7.89.